The molecule has 5 aromatic rings. The zero-order valence-corrected chi connectivity index (χ0v) is 21.0. The first kappa shape index (κ1) is 23.0. The van der Waals surface area contributed by atoms with Crippen molar-refractivity contribution < 1.29 is 14.3 Å². The number of aromatic nitrogens is 2. The third-order valence-electron chi connectivity index (χ3n) is 7.15. The molecule has 2 aromatic heterocycles. The second-order valence-corrected chi connectivity index (χ2v) is 9.30. The van der Waals surface area contributed by atoms with E-state index in [2.05, 4.69) is 32.6 Å². The molecule has 0 atom stereocenters. The molecule has 0 bridgehead atoms. The van der Waals surface area contributed by atoms with Crippen molar-refractivity contribution in [1.82, 2.24) is 8.97 Å². The van der Waals surface area contributed by atoms with Crippen molar-refractivity contribution in [2.24, 2.45) is 0 Å². The fraction of sp³-hybridized carbons (Fsp3) is 0.194. The van der Waals surface area contributed by atoms with Crippen molar-refractivity contribution in [3.8, 4) is 33.9 Å². The number of methoxy groups -OCH3 is 2. The third kappa shape index (κ3) is 4.04. The summed E-state index contributed by atoms with van der Waals surface area (Å²) in [7, 11) is 3.34. The Bertz CT molecular complexity index is 1560. The Hall–Kier alpha value is -4.45. The summed E-state index contributed by atoms with van der Waals surface area (Å²) in [6.07, 6.45) is 5.16. The fourth-order valence-corrected chi connectivity index (χ4v) is 5.38. The van der Waals surface area contributed by atoms with Crippen LogP contribution < -0.4 is 14.8 Å². The molecule has 6 heteroatoms. The number of para-hydroxylation sites is 1. The summed E-state index contributed by atoms with van der Waals surface area (Å²) in [6, 6.07) is 25.7. The molecule has 1 aliphatic heterocycles. The average molecular weight is 492 g/mol. The van der Waals surface area contributed by atoms with E-state index in [4.69, 9.17) is 9.47 Å². The first-order valence-electron chi connectivity index (χ1n) is 12.6. The van der Waals surface area contributed by atoms with E-state index in [0.717, 1.165) is 71.0 Å². The van der Waals surface area contributed by atoms with Crippen LogP contribution in [0.2, 0.25) is 0 Å². The number of anilines is 1. The van der Waals surface area contributed by atoms with Gasteiger partial charge in [-0.3, -0.25) is 9.20 Å². The molecule has 3 heterocycles. The molecular formula is C31H29N3O3. The number of nitrogens with zero attached hydrogens (tertiary/aromatic N) is 2. The van der Waals surface area contributed by atoms with Crippen LogP contribution in [0.1, 0.15) is 28.9 Å². The average Bonchev–Trinajstić information content (AvgIpc) is 3.36. The van der Waals surface area contributed by atoms with Gasteiger partial charge in [0.15, 0.2) is 0 Å². The molecule has 3 aromatic carbocycles. The number of hydrogen-bond donors (Lipinski definition) is 1. The van der Waals surface area contributed by atoms with Gasteiger partial charge in [0.25, 0.3) is 5.91 Å². The number of nitrogens with one attached hydrogen (secondary N) is 1. The number of carbonyl (C=O) groups is 1. The zero-order chi connectivity index (χ0) is 25.4. The topological polar surface area (TPSA) is 56.9 Å². The van der Waals surface area contributed by atoms with E-state index in [0.29, 0.717) is 5.69 Å². The van der Waals surface area contributed by atoms with Gasteiger partial charge < -0.3 is 19.4 Å². The number of hydrogen-bond acceptors (Lipinski definition) is 3. The summed E-state index contributed by atoms with van der Waals surface area (Å²) in [5.41, 5.74) is 7.91. The van der Waals surface area contributed by atoms with E-state index < -0.39 is 0 Å². The van der Waals surface area contributed by atoms with E-state index in [-0.39, 0.29) is 5.91 Å². The molecule has 1 aliphatic rings. The van der Waals surface area contributed by atoms with Crippen molar-refractivity contribution in [3.05, 3.63) is 96.3 Å². The van der Waals surface area contributed by atoms with Crippen LogP contribution in [0, 0.1) is 0 Å². The number of benzene rings is 3. The Morgan fingerprint density at radius 1 is 0.811 bits per heavy atom. The van der Waals surface area contributed by atoms with Gasteiger partial charge in [0.1, 0.15) is 22.8 Å². The summed E-state index contributed by atoms with van der Waals surface area (Å²) >= 11 is 0. The normalized spacial score (nSPS) is 12.8. The molecule has 6 rings (SSSR count). The Morgan fingerprint density at radius 2 is 1.46 bits per heavy atom. The molecule has 6 nitrogen and oxygen atoms in total. The summed E-state index contributed by atoms with van der Waals surface area (Å²) in [6.45, 7) is 0.899. The number of ether oxygens (including phenoxy) is 2. The molecule has 0 radical (unpaired) electrons. The van der Waals surface area contributed by atoms with Crippen molar-refractivity contribution in [3.63, 3.8) is 0 Å². The molecule has 0 fully saturated rings. The summed E-state index contributed by atoms with van der Waals surface area (Å²) < 4.78 is 15.2. The van der Waals surface area contributed by atoms with Gasteiger partial charge in [0.2, 0.25) is 0 Å². The Morgan fingerprint density at radius 3 is 2.11 bits per heavy atom. The van der Waals surface area contributed by atoms with Crippen LogP contribution in [0.3, 0.4) is 0 Å². The Labute approximate surface area is 216 Å². The molecule has 186 valence electrons. The zero-order valence-electron chi connectivity index (χ0n) is 21.0. The SMILES string of the molecule is COc1ccc(-c2c3c4n(c(-c5ccc(OC)cc5)cn4c2C(=O)Nc2ccccc2)CCCC3)cc1. The van der Waals surface area contributed by atoms with Gasteiger partial charge >= 0.3 is 0 Å². The molecule has 0 aliphatic carbocycles. The molecule has 0 unspecified atom stereocenters. The van der Waals surface area contributed by atoms with E-state index in [1.165, 1.54) is 5.56 Å². The molecule has 37 heavy (non-hydrogen) atoms. The van der Waals surface area contributed by atoms with Crippen LogP contribution in [0.5, 0.6) is 11.5 Å². The number of imidazole rings is 1. The van der Waals surface area contributed by atoms with Crippen LogP contribution >= 0.6 is 0 Å². The first-order valence-corrected chi connectivity index (χ1v) is 12.6. The highest BCUT2D eigenvalue weighted by molar-refractivity contribution is 6.10. The standard InChI is InChI=1S/C31H29N3O3/c1-36-24-15-11-21(12-16-24)27-20-34-29(30(35)32-23-8-4-3-5-9-23)28(22-13-17-25(37-2)18-14-22)26-10-6-7-19-33(27)31(26)34/h3-5,8-9,11-18,20H,6-7,10,19H2,1-2H3,(H,32,35). The summed E-state index contributed by atoms with van der Waals surface area (Å²) in [5.74, 6) is 1.49. The monoisotopic (exact) mass is 491 g/mol. The van der Waals surface area contributed by atoms with E-state index >= 15 is 0 Å². The van der Waals surface area contributed by atoms with E-state index in [9.17, 15) is 4.79 Å². The van der Waals surface area contributed by atoms with Crippen molar-refractivity contribution >= 4 is 17.2 Å². The maximum atomic E-state index is 13.9. The van der Waals surface area contributed by atoms with E-state index in [1.807, 2.05) is 66.7 Å². The van der Waals surface area contributed by atoms with Gasteiger partial charge in [0, 0.05) is 29.6 Å². The molecule has 0 saturated heterocycles. The minimum Gasteiger partial charge on any atom is -0.497 e. The van der Waals surface area contributed by atoms with Crippen molar-refractivity contribution in [2.75, 3.05) is 19.5 Å². The number of carbonyl (C=O) groups excluding carboxylic acids is 1. The van der Waals surface area contributed by atoms with Crippen LogP contribution in [-0.2, 0) is 13.0 Å². The van der Waals surface area contributed by atoms with Gasteiger partial charge in [-0.1, -0.05) is 30.3 Å². The van der Waals surface area contributed by atoms with Crippen LogP contribution in [-0.4, -0.2) is 29.1 Å². The van der Waals surface area contributed by atoms with Crippen LogP contribution in [0.15, 0.2) is 85.1 Å². The van der Waals surface area contributed by atoms with Crippen molar-refractivity contribution in [2.45, 2.75) is 25.8 Å². The second kappa shape index (κ2) is 9.54. The lowest BCUT2D eigenvalue weighted by Gasteiger charge is -2.11. The predicted octanol–water partition coefficient (Wildman–Crippen LogP) is 6.68. The smallest absolute Gasteiger partial charge is 0.273 e. The van der Waals surface area contributed by atoms with Gasteiger partial charge in [-0.25, -0.2) is 0 Å². The highest BCUT2D eigenvalue weighted by Gasteiger charge is 2.29. The van der Waals surface area contributed by atoms with Gasteiger partial charge in [-0.05, 0) is 78.9 Å². The number of aryl methyl sites for hydroxylation is 2. The molecular weight excluding hydrogens is 462 g/mol. The Balaban J connectivity index is 1.59. The van der Waals surface area contributed by atoms with Crippen LogP contribution in [0.25, 0.3) is 28.0 Å². The lowest BCUT2D eigenvalue weighted by Crippen LogP contribution is -2.15. The van der Waals surface area contributed by atoms with Crippen LogP contribution in [0.4, 0.5) is 5.69 Å². The molecule has 0 saturated carbocycles. The maximum Gasteiger partial charge on any atom is 0.273 e. The molecule has 1 N–H and O–H groups in total. The lowest BCUT2D eigenvalue weighted by atomic mass is 9.97. The van der Waals surface area contributed by atoms with Gasteiger partial charge in [-0.2, -0.15) is 0 Å². The summed E-state index contributed by atoms with van der Waals surface area (Å²) in [5, 5.41) is 3.13. The highest BCUT2D eigenvalue weighted by atomic mass is 16.5. The minimum atomic E-state index is -0.128. The second-order valence-electron chi connectivity index (χ2n) is 9.30. The number of rotatable bonds is 6. The van der Waals surface area contributed by atoms with Gasteiger partial charge in [0.05, 0.1) is 19.9 Å². The third-order valence-corrected chi connectivity index (χ3v) is 7.15. The fourth-order valence-electron chi connectivity index (χ4n) is 5.38. The highest BCUT2D eigenvalue weighted by Crippen LogP contribution is 2.40. The summed E-state index contributed by atoms with van der Waals surface area (Å²) in [4.78, 5) is 13.9. The predicted molar refractivity (Wildman–Crippen MR) is 147 cm³/mol. The molecule has 1 amide bonds. The molecule has 0 spiro atoms. The number of amides is 1. The maximum absolute atomic E-state index is 13.9. The van der Waals surface area contributed by atoms with Crippen molar-refractivity contribution in [1.29, 1.82) is 0 Å². The Kier molecular flexibility index (Phi) is 5.93. The largest absolute Gasteiger partial charge is 0.497 e. The quantitative estimate of drug-likeness (QED) is 0.288. The first-order chi connectivity index (χ1) is 18.2. The van der Waals surface area contributed by atoms with E-state index in [1.54, 1.807) is 14.2 Å². The lowest BCUT2D eigenvalue weighted by molar-refractivity contribution is 0.102. The minimum absolute atomic E-state index is 0.128. The van der Waals surface area contributed by atoms with Gasteiger partial charge in [-0.15, -0.1) is 0 Å².